The summed E-state index contributed by atoms with van der Waals surface area (Å²) in [4.78, 5) is 78.8. The number of hydrogen-bond acceptors (Lipinski definition) is 11. The third kappa shape index (κ3) is 16.3. The zero-order valence-electron chi connectivity index (χ0n) is 30.0. The van der Waals surface area contributed by atoms with Gasteiger partial charge in [-0.25, -0.2) is 4.79 Å². The predicted octanol–water partition coefficient (Wildman–Crippen LogP) is 0.158. The molecule has 3 aromatic rings. The predicted molar refractivity (Wildman–Crippen MR) is 203 cm³/mol. The quantitative estimate of drug-likeness (QED) is 0.0528. The first-order valence-corrected chi connectivity index (χ1v) is 17.5. The maximum absolute atomic E-state index is 12.2. The van der Waals surface area contributed by atoms with E-state index in [1.54, 1.807) is 12.1 Å². The van der Waals surface area contributed by atoms with Crippen molar-refractivity contribution in [1.82, 2.24) is 29.7 Å². The minimum Gasteiger partial charge on any atom is -0.480 e. The van der Waals surface area contributed by atoms with Crippen LogP contribution in [0.25, 0.3) is 0 Å². The van der Waals surface area contributed by atoms with E-state index in [1.807, 2.05) is 31.2 Å². The van der Waals surface area contributed by atoms with Crippen molar-refractivity contribution in [2.45, 2.75) is 58.3 Å². The van der Waals surface area contributed by atoms with Crippen LogP contribution in [0.5, 0.6) is 0 Å². The van der Waals surface area contributed by atoms with E-state index in [0.717, 1.165) is 11.1 Å². The smallest absolute Gasteiger partial charge is 0.328 e. The first-order chi connectivity index (χ1) is 26.1. The molecule has 0 bridgehead atoms. The molecule has 0 aliphatic carbocycles. The van der Waals surface area contributed by atoms with E-state index in [9.17, 15) is 54.3 Å². The first kappa shape index (κ1) is 43.5. The lowest BCUT2D eigenvalue weighted by molar-refractivity contribution is -0.144. The highest BCUT2D eigenvalue weighted by Gasteiger charge is 2.18. The Labute approximate surface area is 320 Å². The van der Waals surface area contributed by atoms with Crippen LogP contribution >= 0.6 is 12.2 Å². The third-order valence-corrected chi connectivity index (χ3v) is 8.10. The molecule has 0 amide bonds. The number of anilines is 1. The summed E-state index contributed by atoms with van der Waals surface area (Å²) in [5.41, 5.74) is 1.91. The van der Waals surface area contributed by atoms with Crippen LogP contribution in [-0.2, 0) is 51.7 Å². The van der Waals surface area contributed by atoms with Crippen LogP contribution in [0.1, 0.15) is 47.8 Å². The van der Waals surface area contributed by atoms with Crippen molar-refractivity contribution in [3.05, 3.63) is 91.5 Å². The number of aliphatic hydroxyl groups excluding tert-OH is 1. The van der Waals surface area contributed by atoms with Crippen LogP contribution in [0.3, 0.4) is 0 Å². The number of aromatic nitrogens is 3. The maximum atomic E-state index is 12.2. The molecular weight excluding hydrogens is 739 g/mol. The van der Waals surface area contributed by atoms with E-state index in [-0.39, 0.29) is 36.9 Å². The Kier molecular flexibility index (Phi) is 17.1. The van der Waals surface area contributed by atoms with Gasteiger partial charge in [0, 0.05) is 31.5 Å². The van der Waals surface area contributed by atoms with Crippen molar-refractivity contribution < 1.29 is 44.7 Å². The largest absolute Gasteiger partial charge is 0.480 e. The van der Waals surface area contributed by atoms with Gasteiger partial charge in [0.15, 0.2) is 5.11 Å². The SMILES string of the molecule is CCC(O)CCn1cc(C#CCNC(=S)Nc2ccc(CCc3cc(CN(CC(=O)O)CC(=O)O)nc(CN(CC(=O)O)CC(=O)O)c3)cc2)c(=O)[nH]c1=O. The number of pyridine rings is 1. The number of benzene rings is 1. The van der Waals surface area contributed by atoms with Gasteiger partial charge < -0.3 is 36.2 Å². The van der Waals surface area contributed by atoms with E-state index in [0.29, 0.717) is 42.8 Å². The van der Waals surface area contributed by atoms with Crippen LogP contribution in [-0.4, -0.2) is 118 Å². The summed E-state index contributed by atoms with van der Waals surface area (Å²) in [7, 11) is 0. The number of hydrogen-bond donors (Lipinski definition) is 8. The molecule has 1 atom stereocenters. The molecule has 2 heterocycles. The number of nitrogens with zero attached hydrogens (tertiary/aromatic N) is 4. The fourth-order valence-electron chi connectivity index (χ4n) is 5.32. The number of carbonyl (C=O) groups is 4. The lowest BCUT2D eigenvalue weighted by Gasteiger charge is -2.21. The van der Waals surface area contributed by atoms with E-state index >= 15 is 0 Å². The number of nitrogens with one attached hydrogen (secondary N) is 3. The number of carboxylic acid groups (broad SMARTS) is 4. The van der Waals surface area contributed by atoms with Crippen molar-refractivity contribution in [3.8, 4) is 11.8 Å². The Morgan fingerprint density at radius 1 is 0.873 bits per heavy atom. The molecule has 1 unspecified atom stereocenters. The van der Waals surface area contributed by atoms with E-state index in [4.69, 9.17) is 12.2 Å². The Morgan fingerprint density at radius 3 is 1.91 bits per heavy atom. The fraction of sp³-hybridized carbons (Fsp3) is 0.389. The number of rotatable bonds is 21. The number of aromatic amines is 1. The second-order valence-corrected chi connectivity index (χ2v) is 12.9. The number of aryl methyl sites for hydroxylation is 3. The van der Waals surface area contributed by atoms with Crippen LogP contribution in [0.15, 0.2) is 52.2 Å². The van der Waals surface area contributed by atoms with Gasteiger partial charge in [0.2, 0.25) is 0 Å². The molecule has 0 aliphatic rings. The van der Waals surface area contributed by atoms with Gasteiger partial charge >= 0.3 is 29.6 Å². The minimum absolute atomic E-state index is 0.0951. The molecule has 3 rings (SSSR count). The molecule has 0 saturated heterocycles. The lowest BCUT2D eigenvalue weighted by atomic mass is 10.0. The van der Waals surface area contributed by atoms with Crippen molar-refractivity contribution in [2.24, 2.45) is 0 Å². The van der Waals surface area contributed by atoms with Crippen molar-refractivity contribution >= 4 is 46.9 Å². The summed E-state index contributed by atoms with van der Waals surface area (Å²) in [6, 6.07) is 10.8. The molecule has 0 saturated carbocycles. The normalized spacial score (nSPS) is 11.4. The highest BCUT2D eigenvalue weighted by molar-refractivity contribution is 7.80. The standard InChI is InChI=1S/C36H43N7O11S/c1-2-29(44)11-13-43-16-25(34(53)40-36(43)54)4-3-12-37-35(55)39-26-9-7-23(8-10-26)5-6-24-14-27(17-41(19-30(45)46)20-31(47)48)38-28(15-24)18-42(21-32(49)50)22-33(51)52/h7-10,14-16,29,44H,2,5-6,11-13,17-22H2,1H3,(H,45,46)(H,47,48)(H,49,50)(H,51,52)(H2,37,39,55)(H,40,53,54). The number of H-pyrrole nitrogens is 1. The average Bonchev–Trinajstić information content (AvgIpc) is 3.08. The second kappa shape index (κ2) is 21.7. The number of thiocarbonyl (C=S) groups is 1. The van der Waals surface area contributed by atoms with Gasteiger partial charge in [-0.2, -0.15) is 0 Å². The van der Waals surface area contributed by atoms with Crippen molar-refractivity contribution in [2.75, 3.05) is 38.0 Å². The molecule has 294 valence electrons. The first-order valence-electron chi connectivity index (χ1n) is 17.0. The summed E-state index contributed by atoms with van der Waals surface area (Å²) in [6.45, 7) is -0.345. The molecule has 0 fully saturated rings. The molecule has 0 aliphatic heterocycles. The zero-order chi connectivity index (χ0) is 40.5. The molecular formula is C36H43N7O11S. The van der Waals surface area contributed by atoms with Gasteiger partial charge in [-0.1, -0.05) is 30.9 Å². The Bertz CT molecular complexity index is 1930. The van der Waals surface area contributed by atoms with Crippen LogP contribution in [0, 0.1) is 11.8 Å². The highest BCUT2D eigenvalue weighted by atomic mass is 32.1. The Balaban J connectivity index is 1.66. The average molecular weight is 782 g/mol. The molecule has 18 nitrogen and oxygen atoms in total. The molecule has 1 aromatic carbocycles. The van der Waals surface area contributed by atoms with Crippen LogP contribution in [0.4, 0.5) is 5.69 Å². The zero-order valence-corrected chi connectivity index (χ0v) is 30.8. The Hall–Kier alpha value is -5.94. The minimum atomic E-state index is -1.23. The van der Waals surface area contributed by atoms with Gasteiger partial charge in [-0.05, 0) is 73.3 Å². The van der Waals surface area contributed by atoms with Gasteiger partial charge in [-0.15, -0.1) is 0 Å². The van der Waals surface area contributed by atoms with E-state index in [2.05, 4.69) is 32.4 Å². The molecule has 19 heteroatoms. The summed E-state index contributed by atoms with van der Waals surface area (Å²) in [6.07, 6.45) is 2.69. The molecule has 8 N–H and O–H groups in total. The van der Waals surface area contributed by atoms with E-state index < -0.39 is 67.4 Å². The van der Waals surface area contributed by atoms with Crippen LogP contribution in [0.2, 0.25) is 0 Å². The number of carboxylic acids is 4. The van der Waals surface area contributed by atoms with Gasteiger partial charge in [0.1, 0.15) is 5.56 Å². The van der Waals surface area contributed by atoms with Gasteiger partial charge in [0.25, 0.3) is 5.56 Å². The molecule has 55 heavy (non-hydrogen) atoms. The van der Waals surface area contributed by atoms with Gasteiger partial charge in [0.05, 0.1) is 50.2 Å². The van der Waals surface area contributed by atoms with Crippen LogP contribution < -0.4 is 21.9 Å². The summed E-state index contributed by atoms with van der Waals surface area (Å²) >= 11 is 5.35. The van der Waals surface area contributed by atoms with Crippen molar-refractivity contribution in [1.29, 1.82) is 0 Å². The molecule has 0 radical (unpaired) electrons. The molecule has 0 spiro atoms. The van der Waals surface area contributed by atoms with Crippen molar-refractivity contribution in [3.63, 3.8) is 0 Å². The summed E-state index contributed by atoms with van der Waals surface area (Å²) < 4.78 is 1.30. The summed E-state index contributed by atoms with van der Waals surface area (Å²) in [5.74, 6) is 0.596. The maximum Gasteiger partial charge on any atom is 0.328 e. The topological polar surface area (TPSA) is 268 Å². The lowest BCUT2D eigenvalue weighted by Crippen LogP contribution is -2.35. The number of aliphatic hydroxyl groups is 1. The highest BCUT2D eigenvalue weighted by Crippen LogP contribution is 2.16. The third-order valence-electron chi connectivity index (χ3n) is 7.86. The molecule has 2 aromatic heterocycles. The fourth-order valence-corrected chi connectivity index (χ4v) is 5.51. The van der Waals surface area contributed by atoms with Gasteiger partial charge in [-0.3, -0.25) is 48.3 Å². The Morgan fingerprint density at radius 2 is 1.40 bits per heavy atom. The number of aliphatic carboxylic acids is 4. The second-order valence-electron chi connectivity index (χ2n) is 12.5. The monoisotopic (exact) mass is 781 g/mol. The van der Waals surface area contributed by atoms with E-state index in [1.165, 1.54) is 20.6 Å². The summed E-state index contributed by atoms with van der Waals surface area (Å²) in [5, 5.41) is 53.1.